The molecule has 25 heavy (non-hydrogen) atoms. The molecule has 1 N–H and O–H groups in total. The van der Waals surface area contributed by atoms with Gasteiger partial charge in [0.25, 0.3) is 0 Å². The maximum atomic E-state index is 11.4. The van der Waals surface area contributed by atoms with Crippen LogP contribution in [0, 0.1) is 0 Å². The number of benzene rings is 1. The van der Waals surface area contributed by atoms with Crippen molar-refractivity contribution in [2.75, 3.05) is 48.4 Å². The van der Waals surface area contributed by atoms with Crippen molar-refractivity contribution in [3.8, 4) is 5.75 Å². The van der Waals surface area contributed by atoms with Gasteiger partial charge in [0.05, 0.1) is 7.11 Å². The smallest absolute Gasteiger partial charge is 0.225 e. The number of hydrogen-bond acceptors (Lipinski definition) is 6. The third-order valence-electron chi connectivity index (χ3n) is 4.28. The van der Waals surface area contributed by atoms with Crippen molar-refractivity contribution >= 4 is 23.2 Å². The molecule has 2 heterocycles. The van der Waals surface area contributed by atoms with Crippen LogP contribution in [0.4, 0.5) is 17.3 Å². The van der Waals surface area contributed by atoms with Gasteiger partial charge in [0.1, 0.15) is 5.75 Å². The van der Waals surface area contributed by atoms with Crippen LogP contribution in [0.2, 0.25) is 0 Å². The highest BCUT2D eigenvalue weighted by atomic mass is 16.5. The molecule has 132 valence electrons. The highest BCUT2D eigenvalue weighted by Gasteiger charge is 2.18. The molecule has 0 radical (unpaired) electrons. The molecule has 1 aromatic heterocycles. The van der Waals surface area contributed by atoms with Crippen LogP contribution in [0.3, 0.4) is 0 Å². The molecular formula is C18H23N5O2. The van der Waals surface area contributed by atoms with Crippen molar-refractivity contribution in [2.45, 2.75) is 13.3 Å². The first kappa shape index (κ1) is 17.0. The molecule has 1 fully saturated rings. The molecule has 0 atom stereocenters. The fraction of sp³-hybridized carbons (Fsp3) is 0.389. The Morgan fingerprint density at radius 1 is 1.04 bits per heavy atom. The van der Waals surface area contributed by atoms with Gasteiger partial charge in [0.2, 0.25) is 5.91 Å². The van der Waals surface area contributed by atoms with E-state index in [4.69, 9.17) is 4.74 Å². The molecule has 0 saturated carbocycles. The average molecular weight is 341 g/mol. The largest absolute Gasteiger partial charge is 0.497 e. The predicted octanol–water partition coefficient (Wildman–Crippen LogP) is 2.16. The van der Waals surface area contributed by atoms with Crippen LogP contribution >= 0.6 is 0 Å². The SMILES string of the molecule is CCC(=O)Nc1ccc(N2CCN(c3ccc(OC)cc3)CC2)nn1. The van der Waals surface area contributed by atoms with Gasteiger partial charge < -0.3 is 19.9 Å². The van der Waals surface area contributed by atoms with E-state index in [0.29, 0.717) is 12.2 Å². The number of carbonyl (C=O) groups is 1. The molecule has 2 aromatic rings. The Balaban J connectivity index is 1.57. The molecule has 1 aliphatic rings. The van der Waals surface area contributed by atoms with Crippen LogP contribution in [-0.2, 0) is 4.79 Å². The third-order valence-corrected chi connectivity index (χ3v) is 4.28. The molecule has 1 amide bonds. The fourth-order valence-corrected chi connectivity index (χ4v) is 2.78. The first-order valence-corrected chi connectivity index (χ1v) is 8.47. The van der Waals surface area contributed by atoms with Crippen molar-refractivity contribution in [3.05, 3.63) is 36.4 Å². The Hall–Kier alpha value is -2.83. The number of amides is 1. The summed E-state index contributed by atoms with van der Waals surface area (Å²) in [5.41, 5.74) is 1.20. The van der Waals surface area contributed by atoms with E-state index in [1.807, 2.05) is 18.2 Å². The number of piperazine rings is 1. The zero-order valence-corrected chi connectivity index (χ0v) is 14.6. The number of nitrogens with one attached hydrogen (secondary N) is 1. The van der Waals surface area contributed by atoms with E-state index in [2.05, 4.69) is 37.4 Å². The van der Waals surface area contributed by atoms with Gasteiger partial charge in [-0.3, -0.25) is 4.79 Å². The highest BCUT2D eigenvalue weighted by Crippen LogP contribution is 2.22. The number of anilines is 3. The second-order valence-corrected chi connectivity index (χ2v) is 5.85. The molecule has 0 aliphatic carbocycles. The zero-order chi connectivity index (χ0) is 17.6. The first-order valence-electron chi connectivity index (χ1n) is 8.47. The minimum absolute atomic E-state index is 0.0600. The van der Waals surface area contributed by atoms with E-state index in [1.165, 1.54) is 5.69 Å². The van der Waals surface area contributed by atoms with E-state index >= 15 is 0 Å². The first-order chi connectivity index (χ1) is 12.2. The number of ether oxygens (including phenoxy) is 1. The molecule has 7 heteroatoms. The molecule has 3 rings (SSSR count). The summed E-state index contributed by atoms with van der Waals surface area (Å²) in [6, 6.07) is 11.8. The van der Waals surface area contributed by atoms with Gasteiger partial charge in [0, 0.05) is 38.3 Å². The van der Waals surface area contributed by atoms with Crippen molar-refractivity contribution in [1.29, 1.82) is 0 Å². The van der Waals surface area contributed by atoms with E-state index in [-0.39, 0.29) is 5.91 Å². The second kappa shape index (κ2) is 7.83. The Bertz CT molecular complexity index is 694. The van der Waals surface area contributed by atoms with E-state index in [9.17, 15) is 4.79 Å². The minimum atomic E-state index is -0.0600. The molecule has 7 nitrogen and oxygen atoms in total. The van der Waals surface area contributed by atoms with Crippen LogP contribution in [0.1, 0.15) is 13.3 Å². The van der Waals surface area contributed by atoms with Crippen LogP contribution in [0.25, 0.3) is 0 Å². The summed E-state index contributed by atoms with van der Waals surface area (Å²) in [7, 11) is 1.67. The number of carbonyl (C=O) groups excluding carboxylic acids is 1. The topological polar surface area (TPSA) is 70.6 Å². The summed E-state index contributed by atoms with van der Waals surface area (Å²) in [5.74, 6) is 2.14. The molecule has 0 spiro atoms. The monoisotopic (exact) mass is 341 g/mol. The van der Waals surface area contributed by atoms with Gasteiger partial charge >= 0.3 is 0 Å². The third kappa shape index (κ3) is 4.17. The number of hydrogen-bond donors (Lipinski definition) is 1. The quantitative estimate of drug-likeness (QED) is 0.899. The predicted molar refractivity (Wildman–Crippen MR) is 98.4 cm³/mol. The van der Waals surface area contributed by atoms with Gasteiger partial charge in [-0.15, -0.1) is 10.2 Å². The average Bonchev–Trinajstić information content (AvgIpc) is 2.69. The number of methoxy groups -OCH3 is 1. The summed E-state index contributed by atoms with van der Waals surface area (Å²) in [6.07, 6.45) is 0.427. The lowest BCUT2D eigenvalue weighted by molar-refractivity contribution is -0.115. The van der Waals surface area contributed by atoms with Gasteiger partial charge in [0.15, 0.2) is 11.6 Å². The molecule has 1 saturated heterocycles. The molecule has 1 aromatic carbocycles. The van der Waals surface area contributed by atoms with Crippen molar-refractivity contribution in [3.63, 3.8) is 0 Å². The number of aromatic nitrogens is 2. The Morgan fingerprint density at radius 2 is 1.72 bits per heavy atom. The second-order valence-electron chi connectivity index (χ2n) is 5.85. The molecule has 0 bridgehead atoms. The summed E-state index contributed by atoms with van der Waals surface area (Å²) in [5, 5.41) is 11.0. The van der Waals surface area contributed by atoms with Crippen LogP contribution < -0.4 is 19.9 Å². The number of nitrogens with zero attached hydrogens (tertiary/aromatic N) is 4. The summed E-state index contributed by atoms with van der Waals surface area (Å²) >= 11 is 0. The van der Waals surface area contributed by atoms with Crippen molar-refractivity contribution in [1.82, 2.24) is 10.2 Å². The molecular weight excluding hydrogens is 318 g/mol. The van der Waals surface area contributed by atoms with Crippen molar-refractivity contribution < 1.29 is 9.53 Å². The number of rotatable bonds is 5. The highest BCUT2D eigenvalue weighted by molar-refractivity contribution is 5.89. The summed E-state index contributed by atoms with van der Waals surface area (Å²) < 4.78 is 5.20. The van der Waals surface area contributed by atoms with Gasteiger partial charge in [-0.2, -0.15) is 0 Å². The van der Waals surface area contributed by atoms with Gasteiger partial charge in [-0.05, 0) is 36.4 Å². The lowest BCUT2D eigenvalue weighted by atomic mass is 10.2. The zero-order valence-electron chi connectivity index (χ0n) is 14.6. The minimum Gasteiger partial charge on any atom is -0.497 e. The van der Waals surface area contributed by atoms with E-state index < -0.39 is 0 Å². The Kier molecular flexibility index (Phi) is 5.33. The normalized spacial score (nSPS) is 14.3. The van der Waals surface area contributed by atoms with E-state index in [0.717, 1.165) is 37.7 Å². The van der Waals surface area contributed by atoms with E-state index in [1.54, 1.807) is 20.1 Å². The van der Waals surface area contributed by atoms with Crippen molar-refractivity contribution in [2.24, 2.45) is 0 Å². The van der Waals surface area contributed by atoms with Gasteiger partial charge in [-0.25, -0.2) is 0 Å². The molecule has 0 unspecified atom stereocenters. The van der Waals surface area contributed by atoms with Crippen LogP contribution in [0.5, 0.6) is 5.75 Å². The van der Waals surface area contributed by atoms with Crippen LogP contribution in [-0.4, -0.2) is 49.4 Å². The Morgan fingerprint density at radius 3 is 2.28 bits per heavy atom. The summed E-state index contributed by atoms with van der Waals surface area (Å²) in [4.78, 5) is 15.9. The summed E-state index contributed by atoms with van der Waals surface area (Å²) in [6.45, 7) is 5.40. The lowest BCUT2D eigenvalue weighted by Gasteiger charge is -2.36. The fourth-order valence-electron chi connectivity index (χ4n) is 2.78. The van der Waals surface area contributed by atoms with Crippen LogP contribution in [0.15, 0.2) is 36.4 Å². The van der Waals surface area contributed by atoms with Gasteiger partial charge in [-0.1, -0.05) is 6.92 Å². The standard InChI is InChI=1S/C18H23N5O2/c1-3-18(24)19-16-8-9-17(21-20-16)23-12-10-22(11-13-23)14-4-6-15(25-2)7-5-14/h4-9H,3,10-13H2,1-2H3,(H,19,20,24). The Labute approximate surface area is 147 Å². The lowest BCUT2D eigenvalue weighted by Crippen LogP contribution is -2.46. The maximum Gasteiger partial charge on any atom is 0.225 e. The molecule has 1 aliphatic heterocycles. The maximum absolute atomic E-state index is 11.4.